The Balaban J connectivity index is 2.74. The second-order valence-corrected chi connectivity index (χ2v) is 9.25. The van der Waals surface area contributed by atoms with Gasteiger partial charge in [0.2, 0.25) is 0 Å². The Kier molecular flexibility index (Phi) is 10.0. The fourth-order valence-electron chi connectivity index (χ4n) is 3.32. The Morgan fingerprint density at radius 2 is 1.89 bits per heavy atom. The predicted molar refractivity (Wildman–Crippen MR) is 117 cm³/mol. The quantitative estimate of drug-likeness (QED) is 0.372. The smallest absolute Gasteiger partial charge is 0.182 e. The van der Waals surface area contributed by atoms with Crippen molar-refractivity contribution in [2.45, 2.75) is 87.0 Å². The zero-order valence-corrected chi connectivity index (χ0v) is 19.0. The molecule has 0 bridgehead atoms. The van der Waals surface area contributed by atoms with Crippen LogP contribution in [-0.4, -0.2) is 27.5 Å². The summed E-state index contributed by atoms with van der Waals surface area (Å²) in [7, 11) is 0. The summed E-state index contributed by atoms with van der Waals surface area (Å²) in [5.74, 6) is 0.852. The molecule has 1 N–H and O–H groups in total. The van der Waals surface area contributed by atoms with Crippen LogP contribution in [0.15, 0.2) is 11.8 Å². The van der Waals surface area contributed by atoms with E-state index in [1.165, 1.54) is 5.57 Å². The second-order valence-electron chi connectivity index (χ2n) is 9.25. The first-order chi connectivity index (χ1) is 13.1. The summed E-state index contributed by atoms with van der Waals surface area (Å²) in [5.41, 5.74) is 3.59. The molecule has 158 valence electrons. The summed E-state index contributed by atoms with van der Waals surface area (Å²) in [6.45, 7) is 15.2. The van der Waals surface area contributed by atoms with E-state index >= 15 is 0 Å². The van der Waals surface area contributed by atoms with Gasteiger partial charge in [0.15, 0.2) is 5.78 Å². The van der Waals surface area contributed by atoms with Gasteiger partial charge >= 0.3 is 0 Å². The van der Waals surface area contributed by atoms with Gasteiger partial charge in [0.1, 0.15) is 5.69 Å². The fourth-order valence-corrected chi connectivity index (χ4v) is 3.32. The third kappa shape index (κ3) is 7.83. The lowest BCUT2D eigenvalue weighted by Gasteiger charge is -2.23. The number of rotatable bonds is 11. The maximum atomic E-state index is 12.5. The first-order valence-electron chi connectivity index (χ1n) is 10.8. The van der Waals surface area contributed by atoms with E-state index in [0.29, 0.717) is 24.0 Å². The number of aliphatic hydroxyl groups is 1. The fraction of sp³-hybridized carbons (Fsp3) is 0.708. The van der Waals surface area contributed by atoms with Crippen LogP contribution in [0, 0.1) is 24.2 Å². The number of unbranched alkanes of at least 4 members (excludes halogenated alkanes) is 1. The van der Waals surface area contributed by atoms with Crippen LogP contribution in [0.2, 0.25) is 0 Å². The molecule has 0 fully saturated rings. The van der Waals surface area contributed by atoms with E-state index in [1.54, 1.807) is 6.20 Å². The number of allylic oxidation sites excluding steroid dienone is 1. The highest BCUT2D eigenvalue weighted by Gasteiger charge is 2.18. The molecule has 1 unspecified atom stereocenters. The number of hydrogen-bond acceptors (Lipinski definition) is 4. The van der Waals surface area contributed by atoms with Gasteiger partial charge in [-0.2, -0.15) is 0 Å². The zero-order valence-electron chi connectivity index (χ0n) is 19.0. The average molecular weight is 389 g/mol. The van der Waals surface area contributed by atoms with Crippen molar-refractivity contribution in [3.05, 3.63) is 28.9 Å². The van der Waals surface area contributed by atoms with E-state index in [4.69, 9.17) is 0 Å². The van der Waals surface area contributed by atoms with Crippen molar-refractivity contribution in [1.82, 2.24) is 9.97 Å². The van der Waals surface area contributed by atoms with Crippen molar-refractivity contribution >= 4 is 11.9 Å². The molecule has 1 aromatic heterocycles. The molecule has 0 aromatic carbocycles. The Morgan fingerprint density at radius 3 is 2.39 bits per heavy atom. The van der Waals surface area contributed by atoms with Gasteiger partial charge in [-0.15, -0.1) is 0 Å². The molecule has 0 saturated carbocycles. The van der Waals surface area contributed by atoms with E-state index in [1.807, 2.05) is 6.92 Å². The van der Waals surface area contributed by atoms with Gasteiger partial charge in [0.25, 0.3) is 0 Å². The largest absolute Gasteiger partial charge is 0.396 e. The molecule has 1 heterocycles. The second kappa shape index (κ2) is 11.5. The molecule has 4 heteroatoms. The van der Waals surface area contributed by atoms with Gasteiger partial charge in [0.05, 0.1) is 17.6 Å². The predicted octanol–water partition coefficient (Wildman–Crippen LogP) is 6.02. The molecular formula is C24H40N2O2. The molecule has 4 nitrogen and oxygen atoms in total. The number of nitrogens with zero attached hydrogens (tertiary/aromatic N) is 2. The van der Waals surface area contributed by atoms with E-state index in [0.717, 1.165) is 43.5 Å². The molecule has 28 heavy (non-hydrogen) atoms. The number of aliphatic hydroxyl groups excluding tert-OH is 1. The number of ketones is 1. The van der Waals surface area contributed by atoms with Crippen molar-refractivity contribution in [2.75, 3.05) is 6.61 Å². The minimum absolute atomic E-state index is 0.0563. The standard InChI is InChI=1S/C24H40N2O2/c1-8-11-20(24(5,6)7)14-21-18(4)26-22(15-25-21)23(28)13-10-9-12-19(16-27)17(2)3/h14-15,17,19,27H,8-13,16H2,1-7H3/b20-14+. The molecule has 0 saturated heterocycles. The molecule has 0 amide bonds. The number of carbonyl (C=O) groups excluding carboxylic acids is 1. The van der Waals surface area contributed by atoms with E-state index in [9.17, 15) is 9.90 Å². The van der Waals surface area contributed by atoms with E-state index in [2.05, 4.69) is 57.6 Å². The van der Waals surface area contributed by atoms with Crippen LogP contribution >= 0.6 is 0 Å². The Bertz CT molecular complexity index is 657. The summed E-state index contributed by atoms with van der Waals surface area (Å²) in [5, 5.41) is 9.40. The summed E-state index contributed by atoms with van der Waals surface area (Å²) in [4.78, 5) is 21.5. The first kappa shape index (κ1) is 24.5. The Morgan fingerprint density at radius 1 is 1.21 bits per heavy atom. The van der Waals surface area contributed by atoms with Crippen molar-refractivity contribution < 1.29 is 9.90 Å². The summed E-state index contributed by atoms with van der Waals surface area (Å²) >= 11 is 0. The maximum Gasteiger partial charge on any atom is 0.182 e. The zero-order chi connectivity index (χ0) is 21.3. The number of aryl methyl sites for hydroxylation is 1. The van der Waals surface area contributed by atoms with Crippen LogP contribution < -0.4 is 0 Å². The maximum absolute atomic E-state index is 12.5. The van der Waals surface area contributed by atoms with Gasteiger partial charge in [-0.25, -0.2) is 4.98 Å². The van der Waals surface area contributed by atoms with Crippen LogP contribution in [-0.2, 0) is 0 Å². The number of aromatic nitrogens is 2. The van der Waals surface area contributed by atoms with Crippen molar-refractivity contribution in [3.63, 3.8) is 0 Å². The molecule has 0 radical (unpaired) electrons. The van der Waals surface area contributed by atoms with E-state index < -0.39 is 0 Å². The monoisotopic (exact) mass is 388 g/mol. The highest BCUT2D eigenvalue weighted by atomic mass is 16.3. The first-order valence-corrected chi connectivity index (χ1v) is 10.8. The van der Waals surface area contributed by atoms with Crippen molar-refractivity contribution in [3.8, 4) is 0 Å². The lowest BCUT2D eigenvalue weighted by molar-refractivity contribution is 0.0972. The van der Waals surface area contributed by atoms with Crippen LogP contribution in [0.3, 0.4) is 0 Å². The minimum Gasteiger partial charge on any atom is -0.396 e. The van der Waals surface area contributed by atoms with Crippen LogP contribution in [0.1, 0.15) is 102 Å². The molecule has 0 aliphatic heterocycles. The van der Waals surface area contributed by atoms with Gasteiger partial charge in [0, 0.05) is 13.0 Å². The summed E-state index contributed by atoms with van der Waals surface area (Å²) in [6, 6.07) is 0. The van der Waals surface area contributed by atoms with Gasteiger partial charge in [-0.1, -0.05) is 60.0 Å². The normalized spacial score (nSPS) is 13.8. The van der Waals surface area contributed by atoms with Gasteiger partial charge in [-0.05, 0) is 49.5 Å². The number of carbonyl (C=O) groups is 1. The highest BCUT2D eigenvalue weighted by molar-refractivity contribution is 5.94. The van der Waals surface area contributed by atoms with Gasteiger partial charge < -0.3 is 5.11 Å². The van der Waals surface area contributed by atoms with Crippen LogP contribution in [0.25, 0.3) is 6.08 Å². The molecule has 1 rings (SSSR count). The summed E-state index contributed by atoms with van der Waals surface area (Å²) < 4.78 is 0. The number of hydrogen-bond donors (Lipinski definition) is 1. The SMILES string of the molecule is CCC/C(=C\c1ncc(C(=O)CCCCC(CO)C(C)C)nc1C)C(C)(C)C. The van der Waals surface area contributed by atoms with Crippen LogP contribution in [0.4, 0.5) is 0 Å². The minimum atomic E-state index is 0.0563. The third-order valence-corrected chi connectivity index (χ3v) is 5.47. The molecule has 0 spiro atoms. The molecular weight excluding hydrogens is 348 g/mol. The molecule has 1 aromatic rings. The molecule has 1 atom stereocenters. The Labute approximate surface area is 171 Å². The lowest BCUT2D eigenvalue weighted by atomic mass is 9.83. The third-order valence-electron chi connectivity index (χ3n) is 5.47. The van der Waals surface area contributed by atoms with Crippen molar-refractivity contribution in [1.29, 1.82) is 0 Å². The number of Topliss-reactive ketones (excluding diaryl/α,β-unsaturated/α-hetero) is 1. The van der Waals surface area contributed by atoms with Crippen LogP contribution in [0.5, 0.6) is 0 Å². The van der Waals surface area contributed by atoms with E-state index in [-0.39, 0.29) is 17.8 Å². The van der Waals surface area contributed by atoms with Gasteiger partial charge in [-0.3, -0.25) is 9.78 Å². The van der Waals surface area contributed by atoms with Crippen molar-refractivity contribution in [2.24, 2.45) is 17.3 Å². The Hall–Kier alpha value is -1.55. The molecule has 0 aliphatic carbocycles. The lowest BCUT2D eigenvalue weighted by Crippen LogP contribution is -2.13. The topological polar surface area (TPSA) is 63.1 Å². The highest BCUT2D eigenvalue weighted by Crippen LogP contribution is 2.30. The summed E-state index contributed by atoms with van der Waals surface area (Å²) in [6.07, 6.45) is 9.13. The average Bonchev–Trinajstić information content (AvgIpc) is 2.61. The molecule has 0 aliphatic rings.